The molecule has 112 valence electrons. The summed E-state index contributed by atoms with van der Waals surface area (Å²) in [4.78, 5) is 4.09. The Labute approximate surface area is 125 Å². The number of hydrogen-bond donors (Lipinski definition) is 0. The summed E-state index contributed by atoms with van der Waals surface area (Å²) in [7, 11) is 0. The highest BCUT2D eigenvalue weighted by Gasteiger charge is 2.37. The molecule has 1 aliphatic heterocycles. The van der Waals surface area contributed by atoms with Crippen LogP contribution in [-0.4, -0.2) is 28.6 Å². The van der Waals surface area contributed by atoms with Crippen molar-refractivity contribution < 1.29 is 9.47 Å². The second kappa shape index (κ2) is 6.00. The first-order chi connectivity index (χ1) is 10.2. The molecule has 0 saturated carbocycles. The normalized spacial score (nSPS) is 17.5. The van der Waals surface area contributed by atoms with E-state index in [0.29, 0.717) is 25.7 Å². The van der Waals surface area contributed by atoms with Crippen molar-refractivity contribution in [3.63, 3.8) is 0 Å². The molecular formula is C17H22N2O2. The first-order valence-electron chi connectivity index (χ1n) is 7.49. The minimum absolute atomic E-state index is 0.554. The molecule has 0 unspecified atom stereocenters. The molecule has 2 aromatic rings. The van der Waals surface area contributed by atoms with Crippen molar-refractivity contribution in [3.05, 3.63) is 54.1 Å². The maximum Gasteiger partial charge on any atom is 0.190 e. The van der Waals surface area contributed by atoms with Crippen molar-refractivity contribution in [2.75, 3.05) is 13.2 Å². The van der Waals surface area contributed by atoms with Gasteiger partial charge in [0.25, 0.3) is 0 Å². The van der Waals surface area contributed by atoms with Gasteiger partial charge in [-0.3, -0.25) is 0 Å². The van der Waals surface area contributed by atoms with Gasteiger partial charge in [-0.1, -0.05) is 38.1 Å². The fourth-order valence-corrected chi connectivity index (χ4v) is 2.74. The van der Waals surface area contributed by atoms with Gasteiger partial charge in [-0.2, -0.15) is 0 Å². The number of benzene rings is 1. The number of nitrogens with zero attached hydrogens (tertiary/aromatic N) is 2. The minimum atomic E-state index is -0.569. The molecule has 0 radical (unpaired) electrons. The van der Waals surface area contributed by atoms with E-state index in [4.69, 9.17) is 9.47 Å². The molecule has 0 bridgehead atoms. The molecule has 0 aliphatic carbocycles. The van der Waals surface area contributed by atoms with Crippen molar-refractivity contribution >= 4 is 0 Å². The summed E-state index contributed by atoms with van der Waals surface area (Å²) in [6.07, 6.45) is 6.27. The molecule has 21 heavy (non-hydrogen) atoms. The number of rotatable bonds is 5. The minimum Gasteiger partial charge on any atom is -0.345 e. The maximum atomic E-state index is 5.92. The van der Waals surface area contributed by atoms with Crippen LogP contribution in [0.2, 0.25) is 0 Å². The number of ether oxygens (including phenoxy) is 2. The van der Waals surface area contributed by atoms with Crippen LogP contribution in [0, 0.1) is 0 Å². The zero-order valence-corrected chi connectivity index (χ0v) is 12.7. The van der Waals surface area contributed by atoms with E-state index >= 15 is 0 Å². The summed E-state index contributed by atoms with van der Waals surface area (Å²) in [5.74, 6) is -0.0157. The zero-order chi connectivity index (χ0) is 14.7. The lowest BCUT2D eigenvalue weighted by Crippen LogP contribution is -2.37. The molecule has 1 saturated heterocycles. The standard InChI is InChI=1S/C17H22N2O2/c1-14(2)16-5-3-15(4-6-16)11-17(20-9-10-21-17)12-19-8-7-18-13-19/h3-8,13-14H,9-12H2,1-2H3. The fourth-order valence-electron chi connectivity index (χ4n) is 2.74. The highest BCUT2D eigenvalue weighted by molar-refractivity contribution is 5.25. The Hall–Kier alpha value is -1.65. The summed E-state index contributed by atoms with van der Waals surface area (Å²) in [5.41, 5.74) is 2.59. The quantitative estimate of drug-likeness (QED) is 0.848. The van der Waals surface area contributed by atoms with E-state index in [-0.39, 0.29) is 0 Å². The Morgan fingerprint density at radius 1 is 1.19 bits per heavy atom. The van der Waals surface area contributed by atoms with Crippen LogP contribution in [0.1, 0.15) is 30.9 Å². The van der Waals surface area contributed by atoms with Crippen LogP contribution in [0.3, 0.4) is 0 Å². The van der Waals surface area contributed by atoms with Gasteiger partial charge in [0.1, 0.15) is 0 Å². The molecule has 1 fully saturated rings. The van der Waals surface area contributed by atoms with Crippen LogP contribution in [0.25, 0.3) is 0 Å². The van der Waals surface area contributed by atoms with E-state index in [1.807, 2.05) is 10.8 Å². The fraction of sp³-hybridized carbons (Fsp3) is 0.471. The smallest absolute Gasteiger partial charge is 0.190 e. The van der Waals surface area contributed by atoms with Crippen molar-refractivity contribution in [2.24, 2.45) is 0 Å². The number of aromatic nitrogens is 2. The van der Waals surface area contributed by atoms with Crippen LogP contribution < -0.4 is 0 Å². The predicted molar refractivity (Wildman–Crippen MR) is 81.1 cm³/mol. The van der Waals surface area contributed by atoms with Gasteiger partial charge in [0.05, 0.1) is 26.1 Å². The lowest BCUT2D eigenvalue weighted by atomic mass is 9.98. The van der Waals surface area contributed by atoms with E-state index in [2.05, 4.69) is 43.1 Å². The molecule has 0 amide bonds. The maximum absolute atomic E-state index is 5.92. The second-order valence-electron chi connectivity index (χ2n) is 5.92. The SMILES string of the molecule is CC(C)c1ccc(CC2(Cn3ccnc3)OCCO2)cc1. The first-order valence-corrected chi connectivity index (χ1v) is 7.49. The number of imidazole rings is 1. The molecule has 1 aromatic carbocycles. The predicted octanol–water partition coefficient (Wildman–Crippen LogP) is 2.99. The average Bonchev–Trinajstić information content (AvgIpc) is 3.12. The first kappa shape index (κ1) is 14.3. The van der Waals surface area contributed by atoms with Crippen molar-refractivity contribution in [3.8, 4) is 0 Å². The molecular weight excluding hydrogens is 264 g/mol. The van der Waals surface area contributed by atoms with Gasteiger partial charge in [-0.05, 0) is 17.0 Å². The van der Waals surface area contributed by atoms with Gasteiger partial charge in [0.2, 0.25) is 0 Å². The summed E-state index contributed by atoms with van der Waals surface area (Å²) >= 11 is 0. The van der Waals surface area contributed by atoms with Gasteiger partial charge < -0.3 is 14.0 Å². The molecule has 3 rings (SSSR count). The van der Waals surface area contributed by atoms with E-state index in [0.717, 1.165) is 6.42 Å². The third-order valence-electron chi connectivity index (χ3n) is 3.92. The van der Waals surface area contributed by atoms with Crippen molar-refractivity contribution in [1.29, 1.82) is 0 Å². The van der Waals surface area contributed by atoms with Crippen LogP contribution in [-0.2, 0) is 22.4 Å². The number of hydrogen-bond acceptors (Lipinski definition) is 3. The summed E-state index contributed by atoms with van der Waals surface area (Å²) < 4.78 is 13.9. The Morgan fingerprint density at radius 3 is 2.48 bits per heavy atom. The molecule has 4 nitrogen and oxygen atoms in total. The van der Waals surface area contributed by atoms with Gasteiger partial charge in [-0.15, -0.1) is 0 Å². The molecule has 1 aliphatic rings. The lowest BCUT2D eigenvalue weighted by molar-refractivity contribution is -0.166. The Balaban J connectivity index is 1.75. The van der Waals surface area contributed by atoms with E-state index in [9.17, 15) is 0 Å². The van der Waals surface area contributed by atoms with Crippen molar-refractivity contribution in [1.82, 2.24) is 9.55 Å². The van der Waals surface area contributed by atoms with E-state index in [1.165, 1.54) is 11.1 Å². The third kappa shape index (κ3) is 3.34. The summed E-state index contributed by atoms with van der Waals surface area (Å²) in [6, 6.07) is 8.74. The Morgan fingerprint density at radius 2 is 1.90 bits per heavy atom. The molecule has 1 aromatic heterocycles. The van der Waals surface area contributed by atoms with Gasteiger partial charge in [0.15, 0.2) is 5.79 Å². The van der Waals surface area contributed by atoms with Gasteiger partial charge in [-0.25, -0.2) is 4.98 Å². The lowest BCUT2D eigenvalue weighted by Gasteiger charge is -2.28. The van der Waals surface area contributed by atoms with Crippen LogP contribution in [0.15, 0.2) is 43.0 Å². The zero-order valence-electron chi connectivity index (χ0n) is 12.7. The van der Waals surface area contributed by atoms with Gasteiger partial charge >= 0.3 is 0 Å². The van der Waals surface area contributed by atoms with Crippen molar-refractivity contribution in [2.45, 2.75) is 38.5 Å². The van der Waals surface area contributed by atoms with Crippen LogP contribution in [0.4, 0.5) is 0 Å². The monoisotopic (exact) mass is 286 g/mol. The van der Waals surface area contributed by atoms with E-state index < -0.39 is 5.79 Å². The van der Waals surface area contributed by atoms with Crippen LogP contribution >= 0.6 is 0 Å². The molecule has 0 spiro atoms. The molecule has 2 heterocycles. The highest BCUT2D eigenvalue weighted by atomic mass is 16.7. The third-order valence-corrected chi connectivity index (χ3v) is 3.92. The molecule has 0 atom stereocenters. The largest absolute Gasteiger partial charge is 0.345 e. The average molecular weight is 286 g/mol. The topological polar surface area (TPSA) is 36.3 Å². The Bertz CT molecular complexity index is 555. The molecule has 0 N–H and O–H groups in total. The van der Waals surface area contributed by atoms with E-state index in [1.54, 1.807) is 12.5 Å². The highest BCUT2D eigenvalue weighted by Crippen LogP contribution is 2.27. The summed E-state index contributed by atoms with van der Waals surface area (Å²) in [5, 5.41) is 0. The van der Waals surface area contributed by atoms with Gasteiger partial charge in [0, 0.05) is 18.8 Å². The second-order valence-corrected chi connectivity index (χ2v) is 5.92. The summed E-state index contributed by atoms with van der Waals surface area (Å²) in [6.45, 7) is 6.38. The van der Waals surface area contributed by atoms with Crippen LogP contribution in [0.5, 0.6) is 0 Å². The Kier molecular flexibility index (Phi) is 4.08. The molecule has 4 heteroatoms.